The number of carboxylic acid groups (broad SMARTS) is 1. The predicted octanol–water partition coefficient (Wildman–Crippen LogP) is 3.36. The van der Waals surface area contributed by atoms with Gasteiger partial charge in [0.25, 0.3) is 0 Å². The van der Waals surface area contributed by atoms with Crippen molar-refractivity contribution < 1.29 is 14.6 Å². The third kappa shape index (κ3) is 4.55. The second kappa shape index (κ2) is 6.96. The van der Waals surface area contributed by atoms with Crippen LogP contribution in [0.25, 0.3) is 0 Å². The van der Waals surface area contributed by atoms with Crippen molar-refractivity contribution in [2.24, 2.45) is 0 Å². The fourth-order valence-electron chi connectivity index (χ4n) is 2.48. The topological polar surface area (TPSA) is 46.5 Å². The molecular weight excluding hydrogens is 260 g/mol. The van der Waals surface area contributed by atoms with Gasteiger partial charge in [-0.1, -0.05) is 12.1 Å². The molecule has 2 unspecified atom stereocenters. The Labute approximate surface area is 118 Å². The van der Waals surface area contributed by atoms with Gasteiger partial charge in [-0.15, -0.1) is 11.8 Å². The van der Waals surface area contributed by atoms with Crippen molar-refractivity contribution in [1.29, 1.82) is 0 Å². The molecule has 0 amide bonds. The van der Waals surface area contributed by atoms with E-state index in [0.717, 1.165) is 12.0 Å². The maximum atomic E-state index is 10.6. The summed E-state index contributed by atoms with van der Waals surface area (Å²) in [6.07, 6.45) is 5.25. The minimum Gasteiger partial charge on any atom is -0.481 e. The molecule has 1 aliphatic carbocycles. The maximum Gasteiger partial charge on any atom is 0.307 e. The number of thioether (sulfide) groups is 1. The molecule has 0 aromatic heterocycles. The molecule has 1 aromatic carbocycles. The number of ether oxygens (including phenoxy) is 1. The fourth-order valence-corrected chi connectivity index (χ4v) is 3.75. The zero-order valence-corrected chi connectivity index (χ0v) is 12.0. The Morgan fingerprint density at radius 3 is 2.74 bits per heavy atom. The first-order chi connectivity index (χ1) is 9.17. The normalized spacial score (nSPS) is 23.2. The fraction of sp³-hybridized carbons (Fsp3) is 0.533. The third-order valence-electron chi connectivity index (χ3n) is 3.49. The highest BCUT2D eigenvalue weighted by atomic mass is 32.2. The smallest absolute Gasteiger partial charge is 0.307 e. The van der Waals surface area contributed by atoms with E-state index in [0.29, 0.717) is 11.4 Å². The van der Waals surface area contributed by atoms with Crippen LogP contribution in [0.2, 0.25) is 0 Å². The molecule has 0 heterocycles. The molecule has 0 aliphatic heterocycles. The zero-order valence-electron chi connectivity index (χ0n) is 11.2. The Balaban J connectivity index is 1.90. The van der Waals surface area contributed by atoms with Crippen LogP contribution in [0.3, 0.4) is 0 Å². The highest BCUT2D eigenvalue weighted by Gasteiger charge is 2.22. The van der Waals surface area contributed by atoms with Crippen LogP contribution in [0.1, 0.15) is 31.2 Å². The van der Waals surface area contributed by atoms with E-state index in [1.807, 2.05) is 36.0 Å². The Kier molecular flexibility index (Phi) is 5.28. The molecule has 104 valence electrons. The Hall–Kier alpha value is -1.00. The van der Waals surface area contributed by atoms with Gasteiger partial charge >= 0.3 is 5.97 Å². The summed E-state index contributed by atoms with van der Waals surface area (Å²) in [6.45, 7) is 0. The molecule has 2 rings (SSSR count). The van der Waals surface area contributed by atoms with Gasteiger partial charge in [-0.3, -0.25) is 4.79 Å². The van der Waals surface area contributed by atoms with Gasteiger partial charge in [0.05, 0.1) is 12.5 Å². The SMILES string of the molecule is COC1CCCC(Sc2ccc(CC(=O)O)cc2)C1. The number of hydrogen-bond acceptors (Lipinski definition) is 3. The van der Waals surface area contributed by atoms with Crippen molar-refractivity contribution in [2.45, 2.75) is 48.4 Å². The molecule has 1 saturated carbocycles. The number of methoxy groups -OCH3 is 1. The van der Waals surface area contributed by atoms with Gasteiger partial charge in [-0.2, -0.15) is 0 Å². The van der Waals surface area contributed by atoms with Crippen molar-refractivity contribution >= 4 is 17.7 Å². The number of hydrogen-bond donors (Lipinski definition) is 1. The molecule has 0 spiro atoms. The highest BCUT2D eigenvalue weighted by molar-refractivity contribution is 8.00. The summed E-state index contributed by atoms with van der Waals surface area (Å²) in [4.78, 5) is 11.8. The number of rotatable bonds is 5. The highest BCUT2D eigenvalue weighted by Crippen LogP contribution is 2.34. The average Bonchev–Trinajstić information content (AvgIpc) is 2.41. The predicted molar refractivity (Wildman–Crippen MR) is 76.7 cm³/mol. The van der Waals surface area contributed by atoms with E-state index in [2.05, 4.69) is 0 Å². The standard InChI is InChI=1S/C15H20O3S/c1-18-12-3-2-4-14(10-12)19-13-7-5-11(6-8-13)9-15(16)17/h5-8,12,14H,2-4,9-10H2,1H3,(H,16,17). The molecule has 3 nitrogen and oxygen atoms in total. The summed E-state index contributed by atoms with van der Waals surface area (Å²) in [5.41, 5.74) is 0.857. The quantitative estimate of drug-likeness (QED) is 0.898. The summed E-state index contributed by atoms with van der Waals surface area (Å²) in [5, 5.41) is 9.35. The van der Waals surface area contributed by atoms with Crippen molar-refractivity contribution in [3.8, 4) is 0 Å². The van der Waals surface area contributed by atoms with Gasteiger partial charge in [0.1, 0.15) is 0 Å². The van der Waals surface area contributed by atoms with E-state index in [1.54, 1.807) is 7.11 Å². The van der Waals surface area contributed by atoms with Crippen molar-refractivity contribution in [1.82, 2.24) is 0 Å². The third-order valence-corrected chi connectivity index (χ3v) is 4.80. The molecule has 2 atom stereocenters. The molecule has 4 heteroatoms. The summed E-state index contributed by atoms with van der Waals surface area (Å²) < 4.78 is 5.44. The minimum absolute atomic E-state index is 0.0973. The molecule has 0 bridgehead atoms. The Morgan fingerprint density at radius 2 is 2.11 bits per heavy atom. The lowest BCUT2D eigenvalue weighted by molar-refractivity contribution is -0.136. The molecule has 1 N–H and O–H groups in total. The van der Waals surface area contributed by atoms with Crippen LogP contribution < -0.4 is 0 Å². The van der Waals surface area contributed by atoms with Crippen LogP contribution in [0.5, 0.6) is 0 Å². The number of carboxylic acids is 1. The summed E-state index contributed by atoms with van der Waals surface area (Å²) in [6, 6.07) is 7.87. The zero-order chi connectivity index (χ0) is 13.7. The van der Waals surface area contributed by atoms with Crippen LogP contribution in [0, 0.1) is 0 Å². The summed E-state index contributed by atoms with van der Waals surface area (Å²) in [7, 11) is 1.79. The van der Waals surface area contributed by atoms with Gasteiger partial charge < -0.3 is 9.84 Å². The lowest BCUT2D eigenvalue weighted by Gasteiger charge is -2.27. The maximum absolute atomic E-state index is 10.6. The summed E-state index contributed by atoms with van der Waals surface area (Å²) in [5.74, 6) is -0.782. The number of benzene rings is 1. The number of carbonyl (C=O) groups is 1. The second-order valence-corrected chi connectivity index (χ2v) is 6.35. The Morgan fingerprint density at radius 1 is 1.37 bits per heavy atom. The largest absolute Gasteiger partial charge is 0.481 e. The van der Waals surface area contributed by atoms with Gasteiger partial charge in [-0.05, 0) is 43.4 Å². The van der Waals surface area contributed by atoms with Crippen molar-refractivity contribution in [2.75, 3.05) is 7.11 Å². The second-order valence-electron chi connectivity index (χ2n) is 4.98. The molecular formula is C15H20O3S. The number of aliphatic carboxylic acids is 1. The van der Waals surface area contributed by atoms with Crippen LogP contribution in [-0.2, 0) is 16.0 Å². The van der Waals surface area contributed by atoms with E-state index >= 15 is 0 Å². The van der Waals surface area contributed by atoms with E-state index < -0.39 is 5.97 Å². The first-order valence-electron chi connectivity index (χ1n) is 6.67. The van der Waals surface area contributed by atoms with Crippen LogP contribution >= 0.6 is 11.8 Å². The molecule has 1 fully saturated rings. The first-order valence-corrected chi connectivity index (χ1v) is 7.55. The van der Waals surface area contributed by atoms with E-state index in [9.17, 15) is 4.79 Å². The molecule has 1 aromatic rings. The van der Waals surface area contributed by atoms with Gasteiger partial charge in [0, 0.05) is 17.3 Å². The molecule has 19 heavy (non-hydrogen) atoms. The van der Waals surface area contributed by atoms with Crippen LogP contribution in [0.4, 0.5) is 0 Å². The van der Waals surface area contributed by atoms with Crippen molar-refractivity contribution in [3.63, 3.8) is 0 Å². The van der Waals surface area contributed by atoms with E-state index in [4.69, 9.17) is 9.84 Å². The molecule has 0 saturated heterocycles. The van der Waals surface area contributed by atoms with Crippen molar-refractivity contribution in [3.05, 3.63) is 29.8 Å². The van der Waals surface area contributed by atoms with Gasteiger partial charge in [-0.25, -0.2) is 0 Å². The van der Waals surface area contributed by atoms with Crippen LogP contribution in [-0.4, -0.2) is 29.5 Å². The molecule has 0 radical (unpaired) electrons. The van der Waals surface area contributed by atoms with E-state index in [-0.39, 0.29) is 6.42 Å². The Bertz CT molecular complexity index is 416. The van der Waals surface area contributed by atoms with E-state index in [1.165, 1.54) is 24.2 Å². The lowest BCUT2D eigenvalue weighted by Crippen LogP contribution is -2.23. The lowest BCUT2D eigenvalue weighted by atomic mass is 9.97. The average molecular weight is 280 g/mol. The van der Waals surface area contributed by atoms with Crippen LogP contribution in [0.15, 0.2) is 29.2 Å². The minimum atomic E-state index is -0.782. The van der Waals surface area contributed by atoms with Gasteiger partial charge in [0.15, 0.2) is 0 Å². The monoisotopic (exact) mass is 280 g/mol. The molecule has 1 aliphatic rings. The first kappa shape index (κ1) is 14.4. The van der Waals surface area contributed by atoms with Gasteiger partial charge in [0.2, 0.25) is 0 Å². The summed E-state index contributed by atoms with van der Waals surface area (Å²) >= 11 is 1.88.